The van der Waals surface area contributed by atoms with Crippen LogP contribution in [0.25, 0.3) is 0 Å². The van der Waals surface area contributed by atoms with Gasteiger partial charge in [0.25, 0.3) is 0 Å². The van der Waals surface area contributed by atoms with Crippen molar-refractivity contribution in [3.63, 3.8) is 0 Å². The number of halogens is 1. The van der Waals surface area contributed by atoms with Crippen LogP contribution in [-0.4, -0.2) is 49.0 Å². The third kappa shape index (κ3) is 2.68. The van der Waals surface area contributed by atoms with Crippen LogP contribution in [0.4, 0.5) is 5.82 Å². The van der Waals surface area contributed by atoms with E-state index in [4.69, 9.17) is 21.1 Å². The van der Waals surface area contributed by atoms with Crippen LogP contribution in [0.5, 0.6) is 0 Å². The Balaban J connectivity index is 2.12. The van der Waals surface area contributed by atoms with Crippen LogP contribution in [0.3, 0.4) is 0 Å². The molecule has 0 bridgehead atoms. The van der Waals surface area contributed by atoms with Crippen LogP contribution in [0.15, 0.2) is 12.4 Å². The number of ether oxygens (including phenoxy) is 2. The summed E-state index contributed by atoms with van der Waals surface area (Å²) < 4.78 is 11.0. The standard InChI is InChI=1S/C11H16ClN3O2/c1-3-17-9-7-15(6-8(9)16-2)11-10(12)13-4-5-14-11/h4-5,8-9H,3,6-7H2,1-2H3. The lowest BCUT2D eigenvalue weighted by Crippen LogP contribution is -2.28. The Morgan fingerprint density at radius 1 is 1.35 bits per heavy atom. The molecule has 0 aliphatic carbocycles. The zero-order valence-corrected chi connectivity index (χ0v) is 10.7. The molecular formula is C11H16ClN3O2. The summed E-state index contributed by atoms with van der Waals surface area (Å²) in [5, 5.41) is 0.416. The minimum absolute atomic E-state index is 0.0491. The summed E-state index contributed by atoms with van der Waals surface area (Å²) in [7, 11) is 1.69. The molecular weight excluding hydrogens is 242 g/mol. The van der Waals surface area contributed by atoms with E-state index in [2.05, 4.69) is 9.97 Å². The summed E-state index contributed by atoms with van der Waals surface area (Å²) >= 11 is 6.02. The molecule has 17 heavy (non-hydrogen) atoms. The molecule has 0 aromatic carbocycles. The molecule has 6 heteroatoms. The predicted molar refractivity (Wildman–Crippen MR) is 65.5 cm³/mol. The van der Waals surface area contributed by atoms with Crippen molar-refractivity contribution in [2.75, 3.05) is 31.7 Å². The first kappa shape index (κ1) is 12.5. The van der Waals surface area contributed by atoms with E-state index >= 15 is 0 Å². The van der Waals surface area contributed by atoms with Crippen molar-refractivity contribution >= 4 is 17.4 Å². The van der Waals surface area contributed by atoms with E-state index in [-0.39, 0.29) is 12.2 Å². The SMILES string of the molecule is CCOC1CN(c2nccnc2Cl)CC1OC. The average Bonchev–Trinajstić information content (AvgIpc) is 2.73. The third-order valence-corrected chi connectivity index (χ3v) is 3.10. The smallest absolute Gasteiger partial charge is 0.171 e. The van der Waals surface area contributed by atoms with Gasteiger partial charge < -0.3 is 14.4 Å². The van der Waals surface area contributed by atoms with Gasteiger partial charge in [0.05, 0.1) is 0 Å². The Kier molecular flexibility index (Phi) is 4.15. The lowest BCUT2D eigenvalue weighted by molar-refractivity contribution is -0.0232. The van der Waals surface area contributed by atoms with Crippen LogP contribution in [0.2, 0.25) is 5.15 Å². The van der Waals surface area contributed by atoms with Gasteiger partial charge in [0.2, 0.25) is 0 Å². The first-order chi connectivity index (χ1) is 8.26. The maximum atomic E-state index is 6.02. The zero-order valence-electron chi connectivity index (χ0n) is 9.97. The highest BCUT2D eigenvalue weighted by Crippen LogP contribution is 2.26. The number of nitrogens with zero attached hydrogens (tertiary/aromatic N) is 3. The van der Waals surface area contributed by atoms with Gasteiger partial charge in [-0.15, -0.1) is 0 Å². The predicted octanol–water partition coefficient (Wildman–Crippen LogP) is 1.37. The second-order valence-corrected chi connectivity index (χ2v) is 4.20. The Hall–Kier alpha value is -0.910. The molecule has 0 saturated carbocycles. The van der Waals surface area contributed by atoms with Gasteiger partial charge >= 0.3 is 0 Å². The molecule has 1 aromatic rings. The molecule has 2 unspecified atom stereocenters. The maximum Gasteiger partial charge on any atom is 0.171 e. The highest BCUT2D eigenvalue weighted by Gasteiger charge is 2.35. The molecule has 2 heterocycles. The fourth-order valence-corrected chi connectivity index (χ4v) is 2.27. The Labute approximate surface area is 106 Å². The maximum absolute atomic E-state index is 6.02. The van der Waals surface area contributed by atoms with Gasteiger partial charge in [-0.2, -0.15) is 0 Å². The zero-order chi connectivity index (χ0) is 12.3. The molecule has 0 radical (unpaired) electrons. The largest absolute Gasteiger partial charge is 0.377 e. The minimum Gasteiger partial charge on any atom is -0.377 e. The minimum atomic E-state index is 0.0491. The summed E-state index contributed by atoms with van der Waals surface area (Å²) in [5.41, 5.74) is 0. The topological polar surface area (TPSA) is 47.5 Å². The third-order valence-electron chi connectivity index (χ3n) is 2.83. The van der Waals surface area contributed by atoms with Crippen molar-refractivity contribution in [3.05, 3.63) is 17.5 Å². The van der Waals surface area contributed by atoms with Crippen LogP contribution in [-0.2, 0) is 9.47 Å². The molecule has 0 spiro atoms. The van der Waals surface area contributed by atoms with Crippen molar-refractivity contribution in [2.45, 2.75) is 19.1 Å². The fraction of sp³-hybridized carbons (Fsp3) is 0.636. The molecule has 5 nitrogen and oxygen atoms in total. The number of aromatic nitrogens is 2. The van der Waals surface area contributed by atoms with E-state index in [0.717, 1.165) is 13.1 Å². The molecule has 0 amide bonds. The molecule has 1 aliphatic rings. The van der Waals surface area contributed by atoms with Crippen molar-refractivity contribution in [1.29, 1.82) is 0 Å². The summed E-state index contributed by atoms with van der Waals surface area (Å²) in [6.07, 6.45) is 3.32. The van der Waals surface area contributed by atoms with Crippen LogP contribution >= 0.6 is 11.6 Å². The molecule has 94 valence electrons. The Morgan fingerprint density at radius 3 is 2.71 bits per heavy atom. The van der Waals surface area contributed by atoms with E-state index < -0.39 is 0 Å². The Morgan fingerprint density at radius 2 is 2.06 bits per heavy atom. The van der Waals surface area contributed by atoms with Crippen molar-refractivity contribution in [2.24, 2.45) is 0 Å². The lowest BCUT2D eigenvalue weighted by atomic mass is 10.2. The second-order valence-electron chi connectivity index (χ2n) is 3.84. The van der Waals surface area contributed by atoms with Crippen LogP contribution < -0.4 is 4.90 Å². The van der Waals surface area contributed by atoms with Gasteiger partial charge in [-0.3, -0.25) is 0 Å². The molecule has 1 fully saturated rings. The second kappa shape index (κ2) is 5.62. The van der Waals surface area contributed by atoms with Gasteiger partial charge in [-0.05, 0) is 6.92 Å². The quantitative estimate of drug-likeness (QED) is 0.815. The van der Waals surface area contributed by atoms with Crippen LogP contribution in [0, 0.1) is 0 Å². The molecule has 2 rings (SSSR count). The number of rotatable bonds is 4. The molecule has 1 aliphatic heterocycles. The van der Waals surface area contributed by atoms with Gasteiger partial charge in [0.15, 0.2) is 11.0 Å². The van der Waals surface area contributed by atoms with E-state index in [1.807, 2.05) is 11.8 Å². The van der Waals surface area contributed by atoms with E-state index in [0.29, 0.717) is 17.6 Å². The average molecular weight is 258 g/mol. The van der Waals surface area contributed by atoms with Crippen molar-refractivity contribution in [3.8, 4) is 0 Å². The van der Waals surface area contributed by atoms with Gasteiger partial charge in [-0.25, -0.2) is 9.97 Å². The highest BCUT2D eigenvalue weighted by atomic mass is 35.5. The van der Waals surface area contributed by atoms with E-state index in [1.54, 1.807) is 19.5 Å². The first-order valence-electron chi connectivity index (χ1n) is 5.62. The Bertz CT molecular complexity index is 377. The molecule has 2 atom stereocenters. The lowest BCUT2D eigenvalue weighted by Gasteiger charge is -2.17. The normalized spacial score (nSPS) is 24.3. The highest BCUT2D eigenvalue weighted by molar-refractivity contribution is 6.31. The van der Waals surface area contributed by atoms with Crippen molar-refractivity contribution in [1.82, 2.24) is 9.97 Å². The fourth-order valence-electron chi connectivity index (χ4n) is 2.04. The monoisotopic (exact) mass is 257 g/mol. The summed E-state index contributed by atoms with van der Waals surface area (Å²) in [6, 6.07) is 0. The van der Waals surface area contributed by atoms with Gasteiger partial charge in [0, 0.05) is 39.2 Å². The first-order valence-corrected chi connectivity index (χ1v) is 6.00. The van der Waals surface area contributed by atoms with Gasteiger partial charge in [0.1, 0.15) is 12.2 Å². The number of methoxy groups -OCH3 is 1. The van der Waals surface area contributed by atoms with E-state index in [9.17, 15) is 0 Å². The van der Waals surface area contributed by atoms with E-state index in [1.165, 1.54) is 0 Å². The number of hydrogen-bond donors (Lipinski definition) is 0. The number of hydrogen-bond acceptors (Lipinski definition) is 5. The molecule has 0 N–H and O–H groups in total. The van der Waals surface area contributed by atoms with Gasteiger partial charge in [-0.1, -0.05) is 11.6 Å². The van der Waals surface area contributed by atoms with Crippen molar-refractivity contribution < 1.29 is 9.47 Å². The summed E-state index contributed by atoms with van der Waals surface area (Å²) in [4.78, 5) is 10.3. The summed E-state index contributed by atoms with van der Waals surface area (Å²) in [6.45, 7) is 4.10. The summed E-state index contributed by atoms with van der Waals surface area (Å²) in [5.74, 6) is 0.693. The molecule has 1 saturated heterocycles. The van der Waals surface area contributed by atoms with Crippen LogP contribution in [0.1, 0.15) is 6.92 Å². The molecule has 1 aromatic heterocycles. The number of anilines is 1.